The minimum absolute atomic E-state index is 0.340. The van der Waals surface area contributed by atoms with Crippen molar-refractivity contribution in [1.82, 2.24) is 15.5 Å². The highest BCUT2D eigenvalue weighted by atomic mass is 15.1. The zero-order valence-corrected chi connectivity index (χ0v) is 7.38. The molecule has 12 heavy (non-hydrogen) atoms. The number of aromatic amines is 1. The van der Waals surface area contributed by atoms with Crippen molar-refractivity contribution in [1.29, 1.82) is 0 Å². The van der Waals surface area contributed by atoms with E-state index >= 15 is 0 Å². The van der Waals surface area contributed by atoms with Crippen LogP contribution in [-0.4, -0.2) is 16.7 Å². The van der Waals surface area contributed by atoms with E-state index in [2.05, 4.69) is 29.0 Å². The first kappa shape index (κ1) is 9.00. The van der Waals surface area contributed by atoms with Crippen molar-refractivity contribution in [3.8, 4) is 0 Å². The maximum atomic E-state index is 3.89. The van der Waals surface area contributed by atoms with Gasteiger partial charge in [0.25, 0.3) is 0 Å². The average molecular weight is 165 g/mol. The van der Waals surface area contributed by atoms with Gasteiger partial charge < -0.3 is 5.32 Å². The van der Waals surface area contributed by atoms with Crippen molar-refractivity contribution in [2.75, 3.05) is 6.54 Å². The van der Waals surface area contributed by atoms with Crippen LogP contribution < -0.4 is 5.32 Å². The maximum absolute atomic E-state index is 3.89. The van der Waals surface area contributed by atoms with Crippen molar-refractivity contribution in [2.45, 2.75) is 19.4 Å². The second kappa shape index (κ2) is 4.72. The molecule has 1 rings (SSSR count). The number of hydrogen-bond donors (Lipinski definition) is 2. The second-order valence-electron chi connectivity index (χ2n) is 2.77. The minimum atomic E-state index is 0.340. The van der Waals surface area contributed by atoms with Gasteiger partial charge in [-0.3, -0.25) is 5.10 Å². The summed E-state index contributed by atoms with van der Waals surface area (Å²) in [6.45, 7) is 6.73. The van der Waals surface area contributed by atoms with Crippen molar-refractivity contribution < 1.29 is 0 Å². The second-order valence-corrected chi connectivity index (χ2v) is 2.77. The third kappa shape index (κ3) is 2.51. The van der Waals surface area contributed by atoms with E-state index in [4.69, 9.17) is 0 Å². The van der Waals surface area contributed by atoms with Gasteiger partial charge in [0, 0.05) is 12.2 Å². The van der Waals surface area contributed by atoms with E-state index in [-0.39, 0.29) is 0 Å². The molecule has 0 fully saturated rings. The predicted molar refractivity (Wildman–Crippen MR) is 49.8 cm³/mol. The van der Waals surface area contributed by atoms with Crippen LogP contribution in [-0.2, 0) is 0 Å². The van der Waals surface area contributed by atoms with Gasteiger partial charge in [-0.2, -0.15) is 5.10 Å². The Kier molecular flexibility index (Phi) is 3.54. The lowest BCUT2D eigenvalue weighted by molar-refractivity contribution is 0.567. The van der Waals surface area contributed by atoms with E-state index in [0.29, 0.717) is 6.04 Å². The summed E-state index contributed by atoms with van der Waals surface area (Å²) < 4.78 is 0. The third-order valence-electron chi connectivity index (χ3n) is 1.79. The highest BCUT2D eigenvalue weighted by Gasteiger charge is 2.03. The Labute approximate surface area is 72.9 Å². The van der Waals surface area contributed by atoms with E-state index in [9.17, 15) is 0 Å². The third-order valence-corrected chi connectivity index (χ3v) is 1.79. The Morgan fingerprint density at radius 3 is 3.25 bits per heavy atom. The Morgan fingerprint density at radius 1 is 1.83 bits per heavy atom. The smallest absolute Gasteiger partial charge is 0.0518 e. The van der Waals surface area contributed by atoms with E-state index in [1.54, 1.807) is 6.20 Å². The predicted octanol–water partition coefficient (Wildman–Crippen LogP) is 1.64. The van der Waals surface area contributed by atoms with Crippen molar-refractivity contribution in [3.05, 3.63) is 30.6 Å². The maximum Gasteiger partial charge on any atom is 0.0518 e. The first-order valence-corrected chi connectivity index (χ1v) is 4.18. The van der Waals surface area contributed by atoms with Gasteiger partial charge in [-0.05, 0) is 26.0 Å². The molecule has 0 spiro atoms. The number of nitrogens with one attached hydrogen (secondary N) is 2. The molecule has 0 amide bonds. The molecule has 1 aromatic heterocycles. The molecule has 66 valence electrons. The molecule has 0 aliphatic carbocycles. The molecule has 2 N–H and O–H groups in total. The molecule has 0 aliphatic heterocycles. The molecule has 1 atom stereocenters. The zero-order valence-electron chi connectivity index (χ0n) is 7.38. The Bertz CT molecular complexity index is 216. The van der Waals surface area contributed by atoms with Crippen LogP contribution in [0.3, 0.4) is 0 Å². The SMILES string of the molecule is C=CCCNC(C)c1ccn[nH]1. The first-order valence-electron chi connectivity index (χ1n) is 4.18. The Balaban J connectivity index is 2.29. The largest absolute Gasteiger partial charge is 0.309 e. The van der Waals surface area contributed by atoms with Gasteiger partial charge in [0.15, 0.2) is 0 Å². The quantitative estimate of drug-likeness (QED) is 0.514. The molecule has 0 aliphatic rings. The zero-order chi connectivity index (χ0) is 8.81. The van der Waals surface area contributed by atoms with Gasteiger partial charge in [-0.25, -0.2) is 0 Å². The van der Waals surface area contributed by atoms with Crippen molar-refractivity contribution in [2.24, 2.45) is 0 Å². The van der Waals surface area contributed by atoms with Crippen molar-refractivity contribution >= 4 is 0 Å². The van der Waals surface area contributed by atoms with Gasteiger partial charge in [0.2, 0.25) is 0 Å². The van der Waals surface area contributed by atoms with E-state index in [1.165, 1.54) is 0 Å². The summed E-state index contributed by atoms with van der Waals surface area (Å²) in [5, 5.41) is 10.2. The molecule has 0 saturated heterocycles. The van der Waals surface area contributed by atoms with Crippen LogP contribution in [0.2, 0.25) is 0 Å². The number of nitrogens with zero attached hydrogens (tertiary/aromatic N) is 1. The van der Waals surface area contributed by atoms with Crippen LogP contribution >= 0.6 is 0 Å². The van der Waals surface area contributed by atoms with Gasteiger partial charge in [0.1, 0.15) is 0 Å². The monoisotopic (exact) mass is 165 g/mol. The summed E-state index contributed by atoms with van der Waals surface area (Å²) in [5.74, 6) is 0. The molecular formula is C9H15N3. The molecular weight excluding hydrogens is 150 g/mol. The highest BCUT2D eigenvalue weighted by molar-refractivity contribution is 5.02. The summed E-state index contributed by atoms with van der Waals surface area (Å²) >= 11 is 0. The lowest BCUT2D eigenvalue weighted by atomic mass is 10.2. The number of aromatic nitrogens is 2. The Hall–Kier alpha value is -1.09. The fraction of sp³-hybridized carbons (Fsp3) is 0.444. The first-order chi connectivity index (χ1) is 5.84. The molecule has 0 bridgehead atoms. The van der Waals surface area contributed by atoms with Crippen LogP contribution in [0.1, 0.15) is 25.1 Å². The number of rotatable bonds is 5. The molecule has 1 heterocycles. The van der Waals surface area contributed by atoms with Crippen LogP contribution in [0.15, 0.2) is 24.9 Å². The van der Waals surface area contributed by atoms with E-state index in [0.717, 1.165) is 18.7 Å². The lowest BCUT2D eigenvalue weighted by Gasteiger charge is -2.09. The highest BCUT2D eigenvalue weighted by Crippen LogP contribution is 2.06. The molecule has 0 aromatic carbocycles. The molecule has 0 radical (unpaired) electrons. The summed E-state index contributed by atoms with van der Waals surface area (Å²) in [4.78, 5) is 0. The minimum Gasteiger partial charge on any atom is -0.309 e. The average Bonchev–Trinajstić information content (AvgIpc) is 2.56. The standard InChI is InChI=1S/C9H15N3/c1-3-4-6-10-8(2)9-5-7-11-12-9/h3,5,7-8,10H,1,4,6H2,2H3,(H,11,12). The van der Waals surface area contributed by atoms with Gasteiger partial charge in [0.05, 0.1) is 5.69 Å². The van der Waals surface area contributed by atoms with E-state index in [1.807, 2.05) is 12.1 Å². The van der Waals surface area contributed by atoms with Crippen molar-refractivity contribution in [3.63, 3.8) is 0 Å². The van der Waals surface area contributed by atoms with Gasteiger partial charge in [-0.15, -0.1) is 6.58 Å². The molecule has 1 aromatic rings. The topological polar surface area (TPSA) is 40.7 Å². The van der Waals surface area contributed by atoms with Gasteiger partial charge in [-0.1, -0.05) is 6.08 Å². The fourth-order valence-electron chi connectivity index (χ4n) is 1.02. The van der Waals surface area contributed by atoms with Crippen LogP contribution in [0.5, 0.6) is 0 Å². The summed E-state index contributed by atoms with van der Waals surface area (Å²) in [6, 6.07) is 2.32. The summed E-state index contributed by atoms with van der Waals surface area (Å²) in [6.07, 6.45) is 4.67. The van der Waals surface area contributed by atoms with Gasteiger partial charge >= 0.3 is 0 Å². The Morgan fingerprint density at radius 2 is 2.67 bits per heavy atom. The van der Waals surface area contributed by atoms with Crippen LogP contribution in [0.4, 0.5) is 0 Å². The van der Waals surface area contributed by atoms with Crippen LogP contribution in [0, 0.1) is 0 Å². The fourth-order valence-corrected chi connectivity index (χ4v) is 1.02. The summed E-state index contributed by atoms with van der Waals surface area (Å²) in [7, 11) is 0. The lowest BCUT2D eigenvalue weighted by Crippen LogP contribution is -2.19. The molecule has 3 nitrogen and oxygen atoms in total. The summed E-state index contributed by atoms with van der Waals surface area (Å²) in [5.41, 5.74) is 1.12. The number of H-pyrrole nitrogens is 1. The normalized spacial score (nSPS) is 12.8. The van der Waals surface area contributed by atoms with Crippen LogP contribution in [0.25, 0.3) is 0 Å². The number of hydrogen-bond acceptors (Lipinski definition) is 2. The molecule has 0 saturated carbocycles. The molecule has 3 heteroatoms. The molecule has 1 unspecified atom stereocenters. The van der Waals surface area contributed by atoms with E-state index < -0.39 is 0 Å².